The van der Waals surface area contributed by atoms with Gasteiger partial charge in [0.2, 0.25) is 5.89 Å². The molecule has 0 radical (unpaired) electrons. The van der Waals surface area contributed by atoms with Gasteiger partial charge in [-0.05, 0) is 19.4 Å². The molecule has 0 aliphatic carbocycles. The molecular formula is C11H21N3O2. The summed E-state index contributed by atoms with van der Waals surface area (Å²) in [4.78, 5) is 6.43. The molecule has 1 rings (SSSR count). The summed E-state index contributed by atoms with van der Waals surface area (Å²) in [6, 6.07) is 0. The molecule has 0 fully saturated rings. The molecular weight excluding hydrogens is 206 g/mol. The Balaban J connectivity index is 2.48. The molecule has 1 aromatic rings. The van der Waals surface area contributed by atoms with Crippen LogP contribution in [0.1, 0.15) is 38.4 Å². The van der Waals surface area contributed by atoms with Crippen LogP contribution in [0.25, 0.3) is 0 Å². The quantitative estimate of drug-likeness (QED) is 0.723. The lowest BCUT2D eigenvalue weighted by molar-refractivity contribution is 0.186. The summed E-state index contributed by atoms with van der Waals surface area (Å²) in [6.45, 7) is 6.62. The van der Waals surface area contributed by atoms with Gasteiger partial charge >= 0.3 is 0 Å². The summed E-state index contributed by atoms with van der Waals surface area (Å²) in [6.07, 6.45) is 2.90. The minimum atomic E-state index is 0.166. The van der Waals surface area contributed by atoms with Crippen molar-refractivity contribution >= 4 is 0 Å². The zero-order chi connectivity index (χ0) is 11.8. The predicted octanol–water partition coefficient (Wildman–Crippen LogP) is 1.23. The molecule has 0 bridgehead atoms. The van der Waals surface area contributed by atoms with Crippen molar-refractivity contribution < 1.29 is 9.63 Å². The highest BCUT2D eigenvalue weighted by atomic mass is 16.5. The van der Waals surface area contributed by atoms with E-state index in [1.54, 1.807) is 0 Å². The minimum Gasteiger partial charge on any atom is -0.395 e. The lowest BCUT2D eigenvalue weighted by Gasteiger charge is -2.17. The van der Waals surface area contributed by atoms with Crippen LogP contribution >= 0.6 is 0 Å². The highest BCUT2D eigenvalue weighted by Gasteiger charge is 2.10. The Morgan fingerprint density at radius 1 is 1.25 bits per heavy atom. The first-order valence-electron chi connectivity index (χ1n) is 5.94. The Morgan fingerprint density at radius 2 is 2.06 bits per heavy atom. The van der Waals surface area contributed by atoms with Gasteiger partial charge in [-0.25, -0.2) is 0 Å². The van der Waals surface area contributed by atoms with Gasteiger partial charge in [0.15, 0.2) is 5.82 Å². The molecule has 0 aliphatic rings. The third-order valence-corrected chi connectivity index (χ3v) is 2.30. The second kappa shape index (κ2) is 7.35. The third kappa shape index (κ3) is 4.28. The van der Waals surface area contributed by atoms with E-state index in [0.29, 0.717) is 24.8 Å². The number of aliphatic hydroxyl groups excluding tert-OH is 1. The van der Waals surface area contributed by atoms with Gasteiger partial charge in [-0.15, -0.1) is 0 Å². The van der Waals surface area contributed by atoms with Crippen LogP contribution < -0.4 is 0 Å². The van der Waals surface area contributed by atoms with Crippen molar-refractivity contribution in [1.29, 1.82) is 0 Å². The zero-order valence-electron chi connectivity index (χ0n) is 10.1. The molecule has 92 valence electrons. The van der Waals surface area contributed by atoms with Gasteiger partial charge in [0.25, 0.3) is 0 Å². The summed E-state index contributed by atoms with van der Waals surface area (Å²) in [5.41, 5.74) is 0. The SMILES string of the molecule is CCCc1nc(CN(CCC)CCO)no1. The van der Waals surface area contributed by atoms with Gasteiger partial charge in [-0.1, -0.05) is 19.0 Å². The van der Waals surface area contributed by atoms with Gasteiger partial charge in [-0.2, -0.15) is 4.98 Å². The van der Waals surface area contributed by atoms with Crippen molar-refractivity contribution in [2.24, 2.45) is 0 Å². The smallest absolute Gasteiger partial charge is 0.226 e. The van der Waals surface area contributed by atoms with E-state index < -0.39 is 0 Å². The summed E-state index contributed by atoms with van der Waals surface area (Å²) in [5, 5.41) is 12.9. The van der Waals surface area contributed by atoms with Crippen LogP contribution in [0.15, 0.2) is 4.52 Å². The van der Waals surface area contributed by atoms with Crippen LogP contribution in [-0.4, -0.2) is 39.8 Å². The Kier molecular flexibility index (Phi) is 6.03. The maximum Gasteiger partial charge on any atom is 0.226 e. The average Bonchev–Trinajstić information content (AvgIpc) is 2.67. The third-order valence-electron chi connectivity index (χ3n) is 2.30. The Hall–Kier alpha value is -0.940. The molecule has 0 aliphatic heterocycles. The van der Waals surface area contributed by atoms with Crippen LogP contribution in [0.2, 0.25) is 0 Å². The molecule has 1 heterocycles. The molecule has 0 amide bonds. The summed E-state index contributed by atoms with van der Waals surface area (Å²) in [7, 11) is 0. The maximum absolute atomic E-state index is 8.92. The second-order valence-corrected chi connectivity index (χ2v) is 3.85. The van der Waals surface area contributed by atoms with Crippen LogP contribution in [0.4, 0.5) is 0 Å². The summed E-state index contributed by atoms with van der Waals surface area (Å²) in [5.74, 6) is 1.42. The van der Waals surface area contributed by atoms with Crippen LogP contribution in [-0.2, 0) is 13.0 Å². The highest BCUT2D eigenvalue weighted by molar-refractivity contribution is 4.86. The second-order valence-electron chi connectivity index (χ2n) is 3.85. The van der Waals surface area contributed by atoms with Crippen molar-refractivity contribution in [3.05, 3.63) is 11.7 Å². The maximum atomic E-state index is 8.92. The van der Waals surface area contributed by atoms with E-state index in [9.17, 15) is 0 Å². The number of aromatic nitrogens is 2. The molecule has 0 unspecified atom stereocenters. The number of nitrogens with zero attached hydrogens (tertiary/aromatic N) is 3. The fourth-order valence-electron chi connectivity index (χ4n) is 1.60. The van der Waals surface area contributed by atoms with E-state index in [-0.39, 0.29) is 6.61 Å². The van der Waals surface area contributed by atoms with Crippen molar-refractivity contribution in [2.75, 3.05) is 19.7 Å². The van der Waals surface area contributed by atoms with E-state index in [1.165, 1.54) is 0 Å². The molecule has 5 nitrogen and oxygen atoms in total. The van der Waals surface area contributed by atoms with E-state index in [0.717, 1.165) is 25.8 Å². The molecule has 0 saturated carbocycles. The molecule has 1 aromatic heterocycles. The zero-order valence-corrected chi connectivity index (χ0v) is 10.1. The highest BCUT2D eigenvalue weighted by Crippen LogP contribution is 2.04. The fourth-order valence-corrected chi connectivity index (χ4v) is 1.60. The van der Waals surface area contributed by atoms with Crippen molar-refractivity contribution in [1.82, 2.24) is 15.0 Å². The molecule has 5 heteroatoms. The van der Waals surface area contributed by atoms with E-state index in [2.05, 4.69) is 28.9 Å². The van der Waals surface area contributed by atoms with Gasteiger partial charge in [0.1, 0.15) is 0 Å². The number of hydrogen-bond donors (Lipinski definition) is 1. The lowest BCUT2D eigenvalue weighted by atomic mass is 10.3. The number of aryl methyl sites for hydroxylation is 1. The van der Waals surface area contributed by atoms with E-state index >= 15 is 0 Å². The number of hydrogen-bond acceptors (Lipinski definition) is 5. The lowest BCUT2D eigenvalue weighted by Crippen LogP contribution is -2.27. The van der Waals surface area contributed by atoms with Crippen LogP contribution in [0, 0.1) is 0 Å². The minimum absolute atomic E-state index is 0.166. The van der Waals surface area contributed by atoms with Gasteiger partial charge < -0.3 is 9.63 Å². The van der Waals surface area contributed by atoms with Crippen molar-refractivity contribution in [2.45, 2.75) is 39.7 Å². The van der Waals surface area contributed by atoms with E-state index in [4.69, 9.17) is 9.63 Å². The first-order valence-corrected chi connectivity index (χ1v) is 5.94. The average molecular weight is 227 g/mol. The monoisotopic (exact) mass is 227 g/mol. The first kappa shape index (κ1) is 13.1. The Bertz CT molecular complexity index is 283. The summed E-state index contributed by atoms with van der Waals surface area (Å²) < 4.78 is 5.11. The van der Waals surface area contributed by atoms with Gasteiger partial charge in [-0.3, -0.25) is 4.90 Å². The molecule has 1 N–H and O–H groups in total. The normalized spacial score (nSPS) is 11.2. The Labute approximate surface area is 96.5 Å². The van der Waals surface area contributed by atoms with Crippen molar-refractivity contribution in [3.8, 4) is 0 Å². The Morgan fingerprint density at radius 3 is 2.69 bits per heavy atom. The molecule has 0 spiro atoms. The summed E-state index contributed by atoms with van der Waals surface area (Å²) >= 11 is 0. The van der Waals surface area contributed by atoms with Crippen molar-refractivity contribution in [3.63, 3.8) is 0 Å². The van der Waals surface area contributed by atoms with E-state index in [1.807, 2.05) is 0 Å². The van der Waals surface area contributed by atoms with Crippen LogP contribution in [0.3, 0.4) is 0 Å². The topological polar surface area (TPSA) is 62.4 Å². The molecule has 0 atom stereocenters. The van der Waals surface area contributed by atoms with Gasteiger partial charge in [0.05, 0.1) is 13.2 Å². The molecule has 16 heavy (non-hydrogen) atoms. The number of aliphatic hydroxyl groups is 1. The number of rotatable bonds is 8. The van der Waals surface area contributed by atoms with Gasteiger partial charge in [0, 0.05) is 13.0 Å². The molecule has 0 saturated heterocycles. The first-order chi connectivity index (χ1) is 7.80. The predicted molar refractivity (Wildman–Crippen MR) is 60.9 cm³/mol. The standard InChI is InChI=1S/C11H21N3O2/c1-3-5-11-12-10(13-16-11)9-14(6-4-2)7-8-15/h15H,3-9H2,1-2H3. The molecule has 0 aromatic carbocycles. The fraction of sp³-hybridized carbons (Fsp3) is 0.818. The van der Waals surface area contributed by atoms with Crippen LogP contribution in [0.5, 0.6) is 0 Å². The largest absolute Gasteiger partial charge is 0.395 e.